The van der Waals surface area contributed by atoms with Gasteiger partial charge in [0.05, 0.1) is 65.6 Å². The van der Waals surface area contributed by atoms with Gasteiger partial charge < -0.3 is 249 Å². The molecule has 0 aliphatic carbocycles. The number of hydrogen-bond acceptors (Lipinski definition) is 50. The fourth-order valence-corrected chi connectivity index (χ4v) is 16.2. The first-order chi connectivity index (χ1) is 59.1. The molecule has 0 saturated carbocycles. The number of rotatable bonds is 32. The summed E-state index contributed by atoms with van der Waals surface area (Å²) in [6.07, 6.45) is -96.0. The Hall–Kier alpha value is -4.45. The average Bonchev–Trinajstić information content (AvgIpc) is 0.755. The molecule has 0 bridgehead atoms. The minimum Gasteiger partial charge on any atom is -0.394 e. The van der Waals surface area contributed by atoms with Crippen LogP contribution >= 0.6 is 0 Å². The van der Waals surface area contributed by atoms with Gasteiger partial charge in [-0.1, -0.05) is 0 Å². The first kappa shape index (κ1) is 103. The lowest BCUT2D eigenvalue weighted by Crippen LogP contribution is -2.71. The second kappa shape index (κ2) is 44.9. The minimum absolute atomic E-state index is 0.864. The second-order valence-electron chi connectivity index (χ2n) is 31.7. The van der Waals surface area contributed by atoms with Gasteiger partial charge in [0, 0.05) is 34.6 Å². The molecule has 10 saturated heterocycles. The highest BCUT2D eigenvalue weighted by atomic mass is 16.8. The smallest absolute Gasteiger partial charge is 0.217 e. The highest BCUT2D eigenvalue weighted by Gasteiger charge is 2.62. The van der Waals surface area contributed by atoms with E-state index in [1.54, 1.807) is 0 Å². The molecular formula is C70H117N5O50. The van der Waals surface area contributed by atoms with Crippen molar-refractivity contribution in [3.8, 4) is 0 Å². The molecule has 0 unspecified atom stereocenters. The molecule has 31 N–H and O–H groups in total. The van der Waals surface area contributed by atoms with E-state index in [2.05, 4.69) is 26.6 Å². The second-order valence-corrected chi connectivity index (χ2v) is 31.7. The predicted molar refractivity (Wildman–Crippen MR) is 386 cm³/mol. The standard InChI is InChI=1S/C70H117N5O50/c1-16-36(88)47(99)51(103)66(109-16)107-14-29-56(44(96)31(61(106)110-29)71-17(2)83)119-64-34(74-20(5)86)45(97)55(28(13-82)116-64)121-68-53(105)58(123-70-60(50(102)41(93)26(11-80)115-70)125-65-35(75-21(6)87)46(98)54(27(12-81)117-65)120-67-52(104)48(100)39(91)24(9-78)113-67)57(122-62-32(72-18(3)84)42(94)37(89)22(7-76)111-62)30(118-68)15-108-69-59(49(101)40(92)25(10-79)114-69)124-63-33(73-19(4)85)43(95)38(90)23(8-77)112-63/h16,22-70,76-82,88-106H,7-15H2,1-6H3,(H,71,83)(H,72,84)(H,73,85)(H,74,86)(H,75,87)/t16-,22+,23-,24+,25-,26-,27-,28-,29+,30+,31+,32+,33-,34-,35-,36+,37+,38-,39-,40-,41-,42+,43-,44+,45-,46-,47+,48-,49+,50+,51-,52+,53-,54-,55-,56+,57+,58+,59+,60+,61+,62-,63+,64+,65+,66+,67-,68-,69+,70-/m1/s1. The monoisotopic (exact) mass is 1830 g/mol. The largest absolute Gasteiger partial charge is 0.394 e. The summed E-state index contributed by atoms with van der Waals surface area (Å²) in [5.41, 5.74) is 0. The van der Waals surface area contributed by atoms with Crippen molar-refractivity contribution >= 4 is 29.5 Å². The van der Waals surface area contributed by atoms with Crippen LogP contribution in [0.2, 0.25) is 0 Å². The molecule has 10 aliphatic heterocycles. The van der Waals surface area contributed by atoms with Gasteiger partial charge in [-0.2, -0.15) is 0 Å². The van der Waals surface area contributed by atoms with E-state index in [4.69, 9.17) is 90.0 Å². The number of carbonyl (C=O) groups is 5. The lowest BCUT2D eigenvalue weighted by molar-refractivity contribution is -0.408. The molecule has 10 fully saturated rings. The number of hydrogen-bond donors (Lipinski definition) is 31. The van der Waals surface area contributed by atoms with Gasteiger partial charge in [0.15, 0.2) is 62.9 Å². The van der Waals surface area contributed by atoms with Crippen LogP contribution in [0, 0.1) is 0 Å². The number of aliphatic hydroxyl groups excluding tert-OH is 26. The topological polar surface area (TPSA) is 847 Å². The van der Waals surface area contributed by atoms with Crippen molar-refractivity contribution in [1.29, 1.82) is 0 Å². The molecule has 10 rings (SSSR count). The Labute approximate surface area is 708 Å². The van der Waals surface area contributed by atoms with Crippen molar-refractivity contribution in [2.24, 2.45) is 0 Å². The van der Waals surface area contributed by atoms with Crippen LogP contribution < -0.4 is 26.6 Å². The summed E-state index contributed by atoms with van der Waals surface area (Å²) in [6.45, 7) is -4.42. The van der Waals surface area contributed by atoms with E-state index >= 15 is 0 Å². The Bertz CT molecular complexity index is 3420. The van der Waals surface area contributed by atoms with Crippen LogP contribution in [0.1, 0.15) is 41.5 Å². The summed E-state index contributed by atoms with van der Waals surface area (Å²) in [5.74, 6) is -4.80. The van der Waals surface area contributed by atoms with E-state index in [9.17, 15) is 157 Å². The van der Waals surface area contributed by atoms with Crippen molar-refractivity contribution in [3.63, 3.8) is 0 Å². The van der Waals surface area contributed by atoms with Crippen molar-refractivity contribution in [1.82, 2.24) is 26.6 Å². The summed E-state index contributed by atoms with van der Waals surface area (Å²) in [4.78, 5) is 65.0. The molecule has 5 amide bonds. The molecule has 55 nitrogen and oxygen atoms in total. The maximum absolute atomic E-state index is 13.4. The Morgan fingerprint density at radius 1 is 0.224 bits per heavy atom. The zero-order valence-corrected chi connectivity index (χ0v) is 67.7. The van der Waals surface area contributed by atoms with E-state index in [0.29, 0.717) is 0 Å². The number of nitrogens with one attached hydrogen (secondary N) is 5. The summed E-state index contributed by atoms with van der Waals surface area (Å²) < 4.78 is 116. The van der Waals surface area contributed by atoms with Crippen LogP contribution in [0.25, 0.3) is 0 Å². The molecule has 722 valence electrons. The maximum atomic E-state index is 13.4. The predicted octanol–water partition coefficient (Wildman–Crippen LogP) is -21.1. The molecule has 0 aromatic heterocycles. The third-order valence-electron chi connectivity index (χ3n) is 22.8. The lowest BCUT2D eigenvalue weighted by atomic mass is 9.93. The summed E-state index contributed by atoms with van der Waals surface area (Å²) in [7, 11) is 0. The van der Waals surface area contributed by atoms with E-state index in [1.165, 1.54) is 6.92 Å². The summed E-state index contributed by atoms with van der Waals surface area (Å²) in [5, 5.41) is 305. The normalized spacial score (nSPS) is 48.7. The van der Waals surface area contributed by atoms with Crippen LogP contribution in [-0.2, 0) is 114 Å². The SMILES string of the molecule is CC(=O)N[C@@H]1[C@@H](O[C@@H]2[C@@H](O[C@H]3O[C@H](CO)[C@@H](O)[C@H](O)[C@@H]3O[C@@H]3O[C@H](CO)[C@@H](O[C@H]4O[C@@H](CO)[C@@H](O)[C@@H](O)[C@@H]4O)[C@H](O)[C@H]3NC(C)=O)[C@@H](O)[C@@H](O[C@H]3[C@H](O)[C@@H](NC(C)=O)[C@H](O[C@@H]4[C@@H](O)[C@H](NC(C)=O)[C@@H](O)O[C@H]4CO[C@H]4O[C@H](C)[C@H](O)[C@H](O)[C@H]4O)O[C@@H]3CO)O[C@H]2CO[C@H]2O[C@H](CO)[C@@H](O)[C@H](O)[C@@H]2O[C@@H]2O[C@H](CO)[C@@H](O)[C@H](O)[C@H]2NC(C)=O)O[C@@H](CO)[C@H](O)[C@H]1O. The van der Waals surface area contributed by atoms with Crippen LogP contribution in [0.15, 0.2) is 0 Å². The number of carbonyl (C=O) groups excluding carboxylic acids is 5. The molecule has 0 radical (unpaired) electrons. The minimum atomic E-state index is -2.78. The molecule has 10 aliphatic rings. The molecule has 0 spiro atoms. The lowest BCUT2D eigenvalue weighted by Gasteiger charge is -2.52. The Morgan fingerprint density at radius 2 is 0.488 bits per heavy atom. The third-order valence-corrected chi connectivity index (χ3v) is 22.8. The third kappa shape index (κ3) is 23.1. The van der Waals surface area contributed by atoms with Crippen LogP contribution in [0.5, 0.6) is 0 Å². The van der Waals surface area contributed by atoms with Gasteiger partial charge >= 0.3 is 0 Å². The highest BCUT2D eigenvalue weighted by Crippen LogP contribution is 2.42. The number of aliphatic hydroxyl groups is 26. The van der Waals surface area contributed by atoms with Gasteiger partial charge in [0.2, 0.25) is 29.5 Å². The fourth-order valence-electron chi connectivity index (χ4n) is 16.2. The van der Waals surface area contributed by atoms with E-state index < -0.39 is 396 Å². The first-order valence-electron chi connectivity index (χ1n) is 40.0. The highest BCUT2D eigenvalue weighted by molar-refractivity contribution is 5.75. The zero-order chi connectivity index (χ0) is 92.1. The average molecular weight is 1830 g/mol. The first-order valence-corrected chi connectivity index (χ1v) is 40.0. The number of amides is 5. The molecule has 50 atom stereocenters. The van der Waals surface area contributed by atoms with Crippen molar-refractivity contribution < 1.29 is 247 Å². The van der Waals surface area contributed by atoms with E-state index in [-0.39, 0.29) is 0 Å². The Balaban J connectivity index is 1.08. The molecular weight excluding hydrogens is 1710 g/mol. The van der Waals surface area contributed by atoms with Crippen molar-refractivity contribution in [2.75, 3.05) is 59.5 Å². The Morgan fingerprint density at radius 3 is 0.904 bits per heavy atom. The summed E-state index contributed by atoms with van der Waals surface area (Å²) >= 11 is 0. The van der Waals surface area contributed by atoms with Gasteiger partial charge in [0.1, 0.15) is 238 Å². The molecule has 125 heavy (non-hydrogen) atoms. The van der Waals surface area contributed by atoms with Gasteiger partial charge in [-0.15, -0.1) is 0 Å². The van der Waals surface area contributed by atoms with Gasteiger partial charge in [-0.3, -0.25) is 24.0 Å². The van der Waals surface area contributed by atoms with E-state index in [1.807, 2.05) is 0 Å². The maximum Gasteiger partial charge on any atom is 0.217 e. The van der Waals surface area contributed by atoms with Gasteiger partial charge in [-0.25, -0.2) is 0 Å². The Kier molecular flexibility index (Phi) is 36.8. The van der Waals surface area contributed by atoms with Crippen LogP contribution in [0.4, 0.5) is 0 Å². The molecule has 10 heterocycles. The van der Waals surface area contributed by atoms with Gasteiger partial charge in [0.25, 0.3) is 0 Å². The quantitative estimate of drug-likeness (QED) is 0.0297. The van der Waals surface area contributed by atoms with Gasteiger partial charge in [-0.05, 0) is 6.92 Å². The fraction of sp³-hybridized carbons (Fsp3) is 0.929. The van der Waals surface area contributed by atoms with Crippen LogP contribution in [0.3, 0.4) is 0 Å². The van der Waals surface area contributed by atoms with E-state index in [0.717, 1.165) is 34.6 Å². The molecule has 55 heteroatoms. The van der Waals surface area contributed by atoms with Crippen molar-refractivity contribution in [2.45, 2.75) is 348 Å². The van der Waals surface area contributed by atoms with Crippen molar-refractivity contribution in [3.05, 3.63) is 0 Å². The summed E-state index contributed by atoms with van der Waals surface area (Å²) in [6, 6.07) is -9.78. The molecule has 0 aromatic carbocycles. The molecule has 0 aromatic rings. The number of ether oxygens (including phenoxy) is 19. The zero-order valence-electron chi connectivity index (χ0n) is 67.7. The van der Waals surface area contributed by atoms with Crippen LogP contribution in [-0.4, -0.2) is 529 Å².